The van der Waals surface area contributed by atoms with Crippen LogP contribution in [0.15, 0.2) is 70.9 Å². The largest absolute Gasteiger partial charge is 0.350 e. The minimum Gasteiger partial charge on any atom is -0.350 e. The Labute approximate surface area is 185 Å². The van der Waals surface area contributed by atoms with E-state index in [1.807, 2.05) is 36.5 Å². The van der Waals surface area contributed by atoms with Gasteiger partial charge in [0, 0.05) is 23.5 Å². The highest BCUT2D eigenvalue weighted by molar-refractivity contribution is 7.89. The molecule has 1 unspecified atom stereocenters. The molecule has 0 fully saturated rings. The molecule has 2 aromatic carbocycles. The summed E-state index contributed by atoms with van der Waals surface area (Å²) in [5.41, 5.74) is 1.11. The van der Waals surface area contributed by atoms with Gasteiger partial charge in [0.15, 0.2) is 0 Å². The fourth-order valence-corrected chi connectivity index (χ4v) is 4.83. The smallest absolute Gasteiger partial charge is 0.251 e. The van der Waals surface area contributed by atoms with Crippen LogP contribution in [-0.4, -0.2) is 39.9 Å². The molecule has 1 amide bonds. The van der Waals surface area contributed by atoms with Gasteiger partial charge in [0.05, 0.1) is 10.9 Å². The zero-order valence-corrected chi connectivity index (χ0v) is 18.8. The molecule has 1 heterocycles. The molecule has 3 rings (SSSR count). The van der Waals surface area contributed by atoms with Crippen molar-refractivity contribution in [3.8, 4) is 0 Å². The van der Waals surface area contributed by atoms with E-state index in [0.29, 0.717) is 0 Å². The van der Waals surface area contributed by atoms with Crippen LogP contribution in [-0.2, 0) is 16.6 Å². The van der Waals surface area contributed by atoms with E-state index in [9.17, 15) is 17.6 Å². The summed E-state index contributed by atoms with van der Waals surface area (Å²) in [6, 6.07) is 15.6. The van der Waals surface area contributed by atoms with Crippen molar-refractivity contribution < 1.29 is 17.6 Å². The number of thiophene rings is 1. The standard InChI is InChI=1S/C22H24FN3O3S2/c1-26(2)21(16-8-10-18(23)11-9-16)15-24-22(27)17-5-3-7-20(13-17)31(28,29)25-14-19-6-4-12-30-19/h3-13,21,25H,14-15H2,1-2H3,(H,24,27). The average Bonchev–Trinajstić information content (AvgIpc) is 3.27. The maximum atomic E-state index is 13.2. The van der Waals surface area contributed by atoms with Crippen molar-refractivity contribution in [2.45, 2.75) is 17.5 Å². The molecular formula is C22H24FN3O3S2. The number of hydrogen-bond donors (Lipinski definition) is 2. The second-order valence-electron chi connectivity index (χ2n) is 7.17. The van der Waals surface area contributed by atoms with E-state index in [-0.39, 0.29) is 41.3 Å². The van der Waals surface area contributed by atoms with Crippen molar-refractivity contribution in [1.82, 2.24) is 14.9 Å². The normalized spacial score (nSPS) is 12.6. The van der Waals surface area contributed by atoms with E-state index in [1.54, 1.807) is 18.2 Å². The minimum absolute atomic E-state index is 0.0272. The Bertz CT molecular complexity index is 1120. The second kappa shape index (κ2) is 10.1. The number of carbonyl (C=O) groups is 1. The lowest BCUT2D eigenvalue weighted by atomic mass is 10.1. The molecule has 164 valence electrons. The summed E-state index contributed by atoms with van der Waals surface area (Å²) in [5.74, 6) is -0.708. The van der Waals surface area contributed by atoms with Gasteiger partial charge in [-0.05, 0) is 61.4 Å². The zero-order valence-electron chi connectivity index (χ0n) is 17.2. The van der Waals surface area contributed by atoms with Gasteiger partial charge in [0.25, 0.3) is 5.91 Å². The Hall–Kier alpha value is -2.59. The first-order valence-corrected chi connectivity index (χ1v) is 11.9. The van der Waals surface area contributed by atoms with Gasteiger partial charge in [0.2, 0.25) is 10.0 Å². The van der Waals surface area contributed by atoms with E-state index in [2.05, 4.69) is 10.0 Å². The van der Waals surface area contributed by atoms with Gasteiger partial charge >= 0.3 is 0 Å². The lowest BCUT2D eigenvalue weighted by Crippen LogP contribution is -2.34. The first-order chi connectivity index (χ1) is 14.8. The number of likely N-dealkylation sites (N-methyl/N-ethyl adjacent to an activating group) is 1. The molecule has 0 saturated heterocycles. The summed E-state index contributed by atoms with van der Waals surface area (Å²) in [6.07, 6.45) is 0. The first kappa shape index (κ1) is 23.1. The van der Waals surface area contributed by atoms with Crippen LogP contribution >= 0.6 is 11.3 Å². The molecule has 1 aromatic heterocycles. The van der Waals surface area contributed by atoms with Crippen molar-refractivity contribution in [3.63, 3.8) is 0 Å². The molecule has 0 aliphatic rings. The van der Waals surface area contributed by atoms with Crippen molar-refractivity contribution >= 4 is 27.3 Å². The quantitative estimate of drug-likeness (QED) is 0.512. The number of nitrogens with zero attached hydrogens (tertiary/aromatic N) is 1. The van der Waals surface area contributed by atoms with E-state index in [4.69, 9.17) is 0 Å². The topological polar surface area (TPSA) is 78.5 Å². The molecule has 0 spiro atoms. The summed E-state index contributed by atoms with van der Waals surface area (Å²) in [7, 11) is -0.0158. The maximum Gasteiger partial charge on any atom is 0.251 e. The van der Waals surface area contributed by atoms with Crippen LogP contribution in [0.25, 0.3) is 0 Å². The predicted octanol–water partition coefficient (Wildman–Crippen LogP) is 3.40. The Morgan fingerprint density at radius 1 is 1.10 bits per heavy atom. The predicted molar refractivity (Wildman–Crippen MR) is 120 cm³/mol. The summed E-state index contributed by atoms with van der Waals surface area (Å²) in [5, 5.41) is 4.72. The van der Waals surface area contributed by atoms with Crippen LogP contribution in [0, 0.1) is 5.82 Å². The van der Waals surface area contributed by atoms with Gasteiger partial charge in [-0.2, -0.15) is 0 Å². The lowest BCUT2D eigenvalue weighted by molar-refractivity contribution is 0.0941. The minimum atomic E-state index is -3.75. The Morgan fingerprint density at radius 3 is 2.48 bits per heavy atom. The average molecular weight is 462 g/mol. The summed E-state index contributed by atoms with van der Waals surface area (Å²) in [6.45, 7) is 0.476. The van der Waals surface area contributed by atoms with Crippen molar-refractivity contribution in [3.05, 3.63) is 87.9 Å². The molecule has 31 heavy (non-hydrogen) atoms. The molecule has 3 aromatic rings. The molecule has 0 aliphatic carbocycles. The molecule has 0 bridgehead atoms. The zero-order chi connectivity index (χ0) is 22.4. The number of hydrogen-bond acceptors (Lipinski definition) is 5. The highest BCUT2D eigenvalue weighted by atomic mass is 32.2. The molecule has 0 aliphatic heterocycles. The van der Waals surface area contributed by atoms with E-state index >= 15 is 0 Å². The molecule has 6 nitrogen and oxygen atoms in total. The molecular weight excluding hydrogens is 437 g/mol. The van der Waals surface area contributed by atoms with Gasteiger partial charge < -0.3 is 10.2 Å². The van der Waals surface area contributed by atoms with Gasteiger partial charge in [-0.15, -0.1) is 11.3 Å². The lowest BCUT2D eigenvalue weighted by Gasteiger charge is -2.25. The summed E-state index contributed by atoms with van der Waals surface area (Å²) >= 11 is 1.46. The molecule has 9 heteroatoms. The van der Waals surface area contributed by atoms with Crippen molar-refractivity contribution in [2.75, 3.05) is 20.6 Å². The monoisotopic (exact) mass is 461 g/mol. The van der Waals surface area contributed by atoms with Crippen LogP contribution in [0.4, 0.5) is 4.39 Å². The van der Waals surface area contributed by atoms with Gasteiger partial charge in [-0.3, -0.25) is 4.79 Å². The number of sulfonamides is 1. The van der Waals surface area contributed by atoms with Crippen LogP contribution in [0.3, 0.4) is 0 Å². The molecule has 1 atom stereocenters. The van der Waals surface area contributed by atoms with Crippen molar-refractivity contribution in [2.24, 2.45) is 0 Å². The van der Waals surface area contributed by atoms with Gasteiger partial charge in [-0.1, -0.05) is 24.3 Å². The van der Waals surface area contributed by atoms with Crippen LogP contribution in [0.1, 0.15) is 26.8 Å². The third-order valence-electron chi connectivity index (χ3n) is 4.76. The Balaban J connectivity index is 1.68. The number of rotatable bonds is 9. The van der Waals surface area contributed by atoms with E-state index < -0.39 is 10.0 Å². The number of benzene rings is 2. The Kier molecular flexibility index (Phi) is 7.55. The summed E-state index contributed by atoms with van der Waals surface area (Å²) in [4.78, 5) is 15.5. The molecule has 0 radical (unpaired) electrons. The highest BCUT2D eigenvalue weighted by Crippen LogP contribution is 2.19. The third kappa shape index (κ3) is 6.20. The highest BCUT2D eigenvalue weighted by Gasteiger charge is 2.19. The van der Waals surface area contributed by atoms with E-state index in [1.165, 1.54) is 41.7 Å². The van der Waals surface area contributed by atoms with Gasteiger partial charge in [0.1, 0.15) is 5.82 Å². The number of halogens is 1. The maximum absolute atomic E-state index is 13.2. The second-order valence-corrected chi connectivity index (χ2v) is 9.97. The fraction of sp³-hybridized carbons (Fsp3) is 0.227. The number of carbonyl (C=O) groups excluding carboxylic acids is 1. The first-order valence-electron chi connectivity index (χ1n) is 9.58. The van der Waals surface area contributed by atoms with Crippen LogP contribution < -0.4 is 10.0 Å². The fourth-order valence-electron chi connectivity index (χ4n) is 3.04. The van der Waals surface area contributed by atoms with Crippen molar-refractivity contribution in [1.29, 1.82) is 0 Å². The van der Waals surface area contributed by atoms with Crippen LogP contribution in [0.2, 0.25) is 0 Å². The molecule has 0 saturated carbocycles. The van der Waals surface area contributed by atoms with Gasteiger partial charge in [-0.25, -0.2) is 17.5 Å². The number of amides is 1. The van der Waals surface area contributed by atoms with E-state index in [0.717, 1.165) is 10.4 Å². The third-order valence-corrected chi connectivity index (χ3v) is 7.03. The number of nitrogens with one attached hydrogen (secondary N) is 2. The summed E-state index contributed by atoms with van der Waals surface area (Å²) < 4.78 is 41.0. The Morgan fingerprint density at radius 2 is 1.84 bits per heavy atom. The molecule has 2 N–H and O–H groups in total. The van der Waals surface area contributed by atoms with Crippen LogP contribution in [0.5, 0.6) is 0 Å². The SMILES string of the molecule is CN(C)C(CNC(=O)c1cccc(S(=O)(=O)NCc2cccs2)c1)c1ccc(F)cc1.